The fourth-order valence-electron chi connectivity index (χ4n) is 13.6. The van der Waals surface area contributed by atoms with E-state index in [0.29, 0.717) is 0 Å². The average Bonchev–Trinajstić information content (AvgIpc) is 3.30. The summed E-state index contributed by atoms with van der Waals surface area (Å²) in [5.41, 5.74) is 33.2. The highest BCUT2D eigenvalue weighted by Crippen LogP contribution is 2.42. The molecule has 0 nitrogen and oxygen atoms in total. The molecule has 0 radical (unpaired) electrons. The molecule has 0 N–H and O–H groups in total. The Morgan fingerprint density at radius 1 is 0.197 bits per heavy atom. The van der Waals surface area contributed by atoms with Crippen molar-refractivity contribution in [3.63, 3.8) is 0 Å². The third-order valence-electron chi connectivity index (χ3n) is 18.3. The first kappa shape index (κ1) is 43.5. The van der Waals surface area contributed by atoms with Gasteiger partial charge >= 0.3 is 0 Å². The Labute approximate surface area is 406 Å². The lowest BCUT2D eigenvalue weighted by molar-refractivity contribution is 1.63. The van der Waals surface area contributed by atoms with Gasteiger partial charge in [-0.15, -0.1) is 10.9 Å². The number of hydrogen-bond acceptors (Lipinski definition) is 0. The molecule has 11 rings (SSSR count). The van der Waals surface area contributed by atoms with E-state index >= 15 is 0 Å². The van der Waals surface area contributed by atoms with E-state index in [1.807, 2.05) is 0 Å². The van der Waals surface area contributed by atoms with Gasteiger partial charge < -0.3 is 0 Å². The van der Waals surface area contributed by atoms with Crippen LogP contribution in [0.15, 0.2) is 60.7 Å². The van der Waals surface area contributed by atoms with E-state index in [2.05, 4.69) is 202 Å². The van der Waals surface area contributed by atoms with Gasteiger partial charge in [0.05, 0.1) is 0 Å². The molecule has 0 aliphatic heterocycles. The Bertz CT molecular complexity index is 4030. The van der Waals surface area contributed by atoms with Crippen LogP contribution in [0.4, 0.5) is 0 Å². The van der Waals surface area contributed by atoms with Crippen LogP contribution in [0, 0.1) is 0 Å². The largest absolute Gasteiger partial charge is 0.139 e. The zero-order valence-corrected chi connectivity index (χ0v) is 42.8. The summed E-state index contributed by atoms with van der Waals surface area (Å²) in [6, 6.07) is 23.5. The quantitative estimate of drug-likeness (QED) is 0.123. The van der Waals surface area contributed by atoms with Crippen molar-refractivity contribution in [2.24, 2.45) is 0 Å². The second-order valence-electron chi connectivity index (χ2n) is 20.8. The minimum absolute atomic E-state index is 1.25. The fourth-order valence-corrected chi connectivity index (χ4v) is 13.6. The molecule has 0 aliphatic carbocycles. The number of benzene rings is 11. The molecule has 0 saturated heterocycles. The van der Waals surface area contributed by atoms with Gasteiger partial charge in [-0.2, -0.15) is 0 Å². The number of hydrogen-bond donors (Lipinski definition) is 0. The minimum atomic E-state index is 1.25. The van der Waals surface area contributed by atoms with Gasteiger partial charge in [-0.1, -0.05) is 136 Å². The molecule has 0 saturated carbocycles. The zero-order chi connectivity index (χ0) is 47.0. The predicted octanol–water partition coefficient (Wildman–Crippen LogP) is -17.7. The smallest absolute Gasteiger partial charge is 0.100 e. The lowest BCUT2D eigenvalue weighted by atomic mass is 9.58. The molecule has 0 fully saturated rings. The summed E-state index contributed by atoms with van der Waals surface area (Å²) in [6.45, 7) is 0. The Hall–Kier alpha value is -5.07. The van der Waals surface area contributed by atoms with Gasteiger partial charge in [-0.05, 0) is 121 Å². The maximum Gasteiger partial charge on any atom is 0.139 e. The van der Waals surface area contributed by atoms with Crippen molar-refractivity contribution in [1.29, 1.82) is 0 Å². The van der Waals surface area contributed by atoms with Gasteiger partial charge in [0.2, 0.25) is 0 Å². The van der Waals surface area contributed by atoms with Gasteiger partial charge in [-0.25, -0.2) is 0 Å². The predicted molar refractivity (Wildman–Crippen MR) is 355 cm³/mol. The van der Waals surface area contributed by atoms with Gasteiger partial charge in [0.15, 0.2) is 0 Å². The normalized spacial score (nSPS) is 12.1. The van der Waals surface area contributed by atoms with E-state index in [4.69, 9.17) is 0 Å². The highest BCUT2D eigenvalue weighted by atomic mass is 14.3. The Morgan fingerprint density at radius 3 is 0.955 bits per heavy atom. The van der Waals surface area contributed by atoms with Gasteiger partial charge in [0, 0.05) is 0 Å². The van der Waals surface area contributed by atoms with Crippen molar-refractivity contribution in [3.8, 4) is 33.4 Å². The summed E-state index contributed by atoms with van der Waals surface area (Å²) in [4.78, 5) is 0. The lowest BCUT2D eigenvalue weighted by Gasteiger charge is -2.30. The molecule has 0 amide bonds. The van der Waals surface area contributed by atoms with Crippen LogP contribution in [0.3, 0.4) is 0 Å². The van der Waals surface area contributed by atoms with Gasteiger partial charge in [-0.3, -0.25) is 0 Å². The molecule has 0 bridgehead atoms. The summed E-state index contributed by atoms with van der Waals surface area (Å²) in [6.07, 6.45) is 0. The van der Waals surface area contributed by atoms with Crippen molar-refractivity contribution in [3.05, 3.63) is 60.7 Å². The summed E-state index contributed by atoms with van der Waals surface area (Å²) in [7, 11) is 42.8. The zero-order valence-electron chi connectivity index (χ0n) is 42.8. The Morgan fingerprint density at radius 2 is 0.515 bits per heavy atom. The van der Waals surface area contributed by atoms with Crippen molar-refractivity contribution in [2.75, 3.05) is 0 Å². The summed E-state index contributed by atoms with van der Waals surface area (Å²) < 4.78 is 0. The van der Waals surface area contributed by atoms with Crippen LogP contribution < -0.4 is 98.3 Å². The van der Waals surface area contributed by atoms with Crippen molar-refractivity contribution < 1.29 is 0 Å². The molecule has 18 heteroatoms. The van der Waals surface area contributed by atoms with Crippen LogP contribution >= 0.6 is 0 Å². The highest BCUT2D eigenvalue weighted by molar-refractivity contribution is 6.77. The highest BCUT2D eigenvalue weighted by Gasteiger charge is 2.29. The van der Waals surface area contributed by atoms with Gasteiger partial charge in [0.25, 0.3) is 0 Å². The lowest BCUT2D eigenvalue weighted by Crippen LogP contribution is -2.48. The van der Waals surface area contributed by atoms with Crippen LogP contribution in [0.2, 0.25) is 0 Å². The SMILES string of the molecule is Bc1c(B)c2c(B)c(B)c3c(B)c(B)c(-c4ccc(-c5ccc6ccccc6c5)c(-c5c(B)c(B)c6c(B)c(B)c7c(B)c(B)c(B)c8c(B)c(B)c5c6c78)c4)c4c(B)c(B)c(c1B)c2c34. The molecular formula is C48H46B18. The molecule has 0 aliphatic rings. The molecule has 0 spiro atoms. The number of rotatable bonds is 3. The molecule has 0 heterocycles. The molecule has 0 atom stereocenters. The van der Waals surface area contributed by atoms with Crippen LogP contribution in [0.25, 0.3) is 109 Å². The first-order chi connectivity index (χ1) is 31.3. The Balaban J connectivity index is 1.36. The average molecular weight is 818 g/mol. The second kappa shape index (κ2) is 14.7. The molecule has 292 valence electrons. The maximum atomic E-state index is 2.61. The molecule has 0 aromatic heterocycles. The first-order valence-electron chi connectivity index (χ1n) is 24.3. The third kappa shape index (κ3) is 5.37. The topological polar surface area (TPSA) is 0 Å². The monoisotopic (exact) mass is 821 g/mol. The molecule has 11 aromatic carbocycles. The molecule has 11 aromatic rings. The van der Waals surface area contributed by atoms with E-state index in [1.54, 1.807) is 0 Å². The van der Waals surface area contributed by atoms with E-state index in [9.17, 15) is 0 Å². The summed E-state index contributed by atoms with van der Waals surface area (Å²) in [5, 5.41) is 19.8. The van der Waals surface area contributed by atoms with Crippen molar-refractivity contribution in [1.82, 2.24) is 0 Å². The fraction of sp³-hybridized carbons (Fsp3) is 0. The Kier molecular flexibility index (Phi) is 9.70. The number of fused-ring (bicyclic) bond motifs is 1. The minimum Gasteiger partial charge on any atom is -0.100 e. The first-order valence-corrected chi connectivity index (χ1v) is 24.3. The van der Waals surface area contributed by atoms with E-state index in [0.717, 1.165) is 0 Å². The van der Waals surface area contributed by atoms with E-state index in [1.165, 1.54) is 207 Å². The summed E-state index contributed by atoms with van der Waals surface area (Å²) >= 11 is 0. The van der Waals surface area contributed by atoms with E-state index < -0.39 is 0 Å². The van der Waals surface area contributed by atoms with E-state index in [-0.39, 0.29) is 0 Å². The second-order valence-corrected chi connectivity index (χ2v) is 20.8. The molecular weight excluding hydrogens is 771 g/mol. The van der Waals surface area contributed by atoms with Crippen molar-refractivity contribution in [2.45, 2.75) is 0 Å². The third-order valence-corrected chi connectivity index (χ3v) is 18.3. The van der Waals surface area contributed by atoms with Crippen LogP contribution in [-0.2, 0) is 0 Å². The van der Waals surface area contributed by atoms with Crippen LogP contribution in [0.1, 0.15) is 0 Å². The molecule has 66 heavy (non-hydrogen) atoms. The standard InChI is InChI=1S/C48H46B18/c49-31-17(23-19-21-27(37(55)33(23)51)43(61)47(65)45(63)29(21)41(59)39(57)25(19)35(31)53)14-7-8-15(13-6-5-11-3-1-2-4-12(11)9-13)16(10-14)18-24-20-22-28(38(56)34(24)52)44(62)48(66)46(64)30(22)42(60)40(58)26(20)36(54)32(18)50/h1-10H,49-66H2. The maximum absolute atomic E-state index is 2.61. The van der Waals surface area contributed by atoms with Gasteiger partial charge in [0.1, 0.15) is 141 Å². The van der Waals surface area contributed by atoms with Crippen LogP contribution in [0.5, 0.6) is 0 Å². The molecule has 0 unspecified atom stereocenters. The van der Waals surface area contributed by atoms with Crippen LogP contribution in [-0.4, -0.2) is 141 Å². The van der Waals surface area contributed by atoms with Crippen molar-refractivity contribution >= 4 is 315 Å². The summed E-state index contributed by atoms with van der Waals surface area (Å²) in [5.74, 6) is 0.